The highest BCUT2D eigenvalue weighted by Gasteiger charge is 2.56. The highest BCUT2D eigenvalue weighted by atomic mass is 19.2. The molecule has 1 saturated heterocycles. The van der Waals surface area contributed by atoms with E-state index in [1.54, 1.807) is 0 Å². The number of rotatable bonds is 4. The molecule has 5 nitrogen and oxygen atoms in total. The number of carbonyl (C=O) groups excluding carboxylic acids is 1. The Morgan fingerprint density at radius 1 is 1.07 bits per heavy atom. The largest absolute Gasteiger partial charge is 0.368 e. The summed E-state index contributed by atoms with van der Waals surface area (Å²) in [5, 5.41) is 5.87. The summed E-state index contributed by atoms with van der Waals surface area (Å²) in [5.41, 5.74) is 0.881. The zero-order valence-electron chi connectivity index (χ0n) is 15.3. The second-order valence-electron chi connectivity index (χ2n) is 7.71. The number of amides is 1. The quantitative estimate of drug-likeness (QED) is 0.767. The van der Waals surface area contributed by atoms with Gasteiger partial charge in [-0.05, 0) is 24.3 Å². The van der Waals surface area contributed by atoms with Gasteiger partial charge in [0.2, 0.25) is 5.91 Å². The van der Waals surface area contributed by atoms with E-state index in [1.165, 1.54) is 23.1 Å². The highest BCUT2D eigenvalue weighted by Crippen LogP contribution is 2.47. The lowest BCUT2D eigenvalue weighted by Crippen LogP contribution is -2.41. The standard InChI is InChI=1S/C20H18F4N4O/c21-10-1-4-16(14(23)5-10)27-6-11-12(7-27)19(11)26-17(29)8-28-9-25-15-3-2-13(22)18(24)20(15)28/h1-5,11-12,19,25H,6-9H2,(H,26,29). The molecule has 2 aromatic rings. The molecule has 2 unspecified atom stereocenters. The predicted octanol–water partition coefficient (Wildman–Crippen LogP) is 2.68. The fraction of sp³-hybridized carbons (Fsp3) is 0.350. The molecule has 9 heteroatoms. The molecule has 0 aromatic heterocycles. The smallest absolute Gasteiger partial charge is 0.239 e. The van der Waals surface area contributed by atoms with E-state index in [4.69, 9.17) is 0 Å². The Bertz CT molecular complexity index is 989. The molecule has 1 aliphatic carbocycles. The first-order valence-corrected chi connectivity index (χ1v) is 9.38. The number of carbonyl (C=O) groups is 1. The van der Waals surface area contributed by atoms with Crippen molar-refractivity contribution in [3.63, 3.8) is 0 Å². The second kappa shape index (κ2) is 6.53. The van der Waals surface area contributed by atoms with Crippen LogP contribution in [0.5, 0.6) is 0 Å². The highest BCUT2D eigenvalue weighted by molar-refractivity contribution is 5.86. The van der Waals surface area contributed by atoms with E-state index in [0.29, 0.717) is 24.5 Å². The molecule has 1 saturated carbocycles. The molecule has 2 N–H and O–H groups in total. The Morgan fingerprint density at radius 2 is 1.83 bits per heavy atom. The van der Waals surface area contributed by atoms with Crippen molar-refractivity contribution >= 4 is 23.0 Å². The summed E-state index contributed by atoms with van der Waals surface area (Å²) in [6, 6.07) is 5.99. The van der Waals surface area contributed by atoms with Gasteiger partial charge in [-0.25, -0.2) is 17.6 Å². The van der Waals surface area contributed by atoms with Crippen molar-refractivity contribution < 1.29 is 22.4 Å². The minimum atomic E-state index is -0.972. The number of halogens is 4. The molecule has 0 bridgehead atoms. The molecule has 3 aliphatic rings. The van der Waals surface area contributed by atoms with Crippen LogP contribution in [0.4, 0.5) is 34.6 Å². The van der Waals surface area contributed by atoms with Gasteiger partial charge in [0, 0.05) is 37.0 Å². The third-order valence-corrected chi connectivity index (χ3v) is 5.95. The number of nitrogens with zero attached hydrogens (tertiary/aromatic N) is 2. The fourth-order valence-corrected chi connectivity index (χ4v) is 4.47. The van der Waals surface area contributed by atoms with Gasteiger partial charge in [-0.3, -0.25) is 4.79 Å². The van der Waals surface area contributed by atoms with Gasteiger partial charge in [0.05, 0.1) is 24.6 Å². The van der Waals surface area contributed by atoms with Crippen molar-refractivity contribution in [2.45, 2.75) is 6.04 Å². The number of benzene rings is 2. The maximum atomic E-state index is 14.1. The second-order valence-corrected chi connectivity index (χ2v) is 7.71. The summed E-state index contributed by atoms with van der Waals surface area (Å²) in [6.45, 7) is 1.28. The van der Waals surface area contributed by atoms with Crippen molar-refractivity contribution in [3.05, 3.63) is 53.6 Å². The van der Waals surface area contributed by atoms with E-state index in [9.17, 15) is 22.4 Å². The Kier molecular flexibility index (Phi) is 4.07. The summed E-state index contributed by atoms with van der Waals surface area (Å²) < 4.78 is 54.6. The summed E-state index contributed by atoms with van der Waals surface area (Å²) in [5.74, 6) is -3.02. The third kappa shape index (κ3) is 3.04. The SMILES string of the molecule is O=C(CN1CNc2ccc(F)c(F)c21)NC1C2CN(c3ccc(F)cc3F)CC21. The molecule has 2 aliphatic heterocycles. The lowest BCUT2D eigenvalue weighted by molar-refractivity contribution is -0.120. The molecule has 29 heavy (non-hydrogen) atoms. The lowest BCUT2D eigenvalue weighted by Gasteiger charge is -2.23. The van der Waals surface area contributed by atoms with Crippen LogP contribution in [0.1, 0.15) is 0 Å². The lowest BCUT2D eigenvalue weighted by atomic mass is 10.2. The van der Waals surface area contributed by atoms with Crippen LogP contribution in [0, 0.1) is 35.1 Å². The zero-order valence-corrected chi connectivity index (χ0v) is 15.3. The van der Waals surface area contributed by atoms with Crippen molar-refractivity contribution in [2.24, 2.45) is 11.8 Å². The Balaban J connectivity index is 1.18. The van der Waals surface area contributed by atoms with Crippen LogP contribution in [0.2, 0.25) is 0 Å². The summed E-state index contributed by atoms with van der Waals surface area (Å²) >= 11 is 0. The maximum Gasteiger partial charge on any atom is 0.239 e. The molecular formula is C20H18F4N4O. The van der Waals surface area contributed by atoms with Gasteiger partial charge in [0.1, 0.15) is 17.3 Å². The number of anilines is 3. The minimum Gasteiger partial charge on any atom is -0.368 e. The van der Waals surface area contributed by atoms with Gasteiger partial charge in [-0.2, -0.15) is 0 Å². The van der Waals surface area contributed by atoms with Crippen molar-refractivity contribution in [1.82, 2.24) is 5.32 Å². The average Bonchev–Trinajstić information content (AvgIpc) is 3.02. The molecule has 2 heterocycles. The predicted molar refractivity (Wildman–Crippen MR) is 99.7 cm³/mol. The molecular weight excluding hydrogens is 388 g/mol. The average molecular weight is 406 g/mol. The van der Waals surface area contributed by atoms with E-state index in [1.807, 2.05) is 4.90 Å². The van der Waals surface area contributed by atoms with Crippen molar-refractivity contribution in [2.75, 3.05) is 41.4 Å². The van der Waals surface area contributed by atoms with Gasteiger partial charge in [0.15, 0.2) is 11.6 Å². The first-order chi connectivity index (χ1) is 13.9. The number of hydrogen-bond donors (Lipinski definition) is 2. The number of fused-ring (bicyclic) bond motifs is 2. The van der Waals surface area contributed by atoms with E-state index >= 15 is 0 Å². The van der Waals surface area contributed by atoms with Crippen LogP contribution in [-0.4, -0.2) is 38.3 Å². The molecule has 2 aromatic carbocycles. The van der Waals surface area contributed by atoms with Crippen LogP contribution in [0.25, 0.3) is 0 Å². The van der Waals surface area contributed by atoms with Gasteiger partial charge >= 0.3 is 0 Å². The minimum absolute atomic E-state index is 0.0188. The topological polar surface area (TPSA) is 47.6 Å². The number of nitrogens with one attached hydrogen (secondary N) is 2. The molecule has 2 fully saturated rings. The van der Waals surface area contributed by atoms with Gasteiger partial charge in [-0.15, -0.1) is 0 Å². The van der Waals surface area contributed by atoms with Crippen LogP contribution in [0.3, 0.4) is 0 Å². The van der Waals surface area contributed by atoms with Crippen molar-refractivity contribution in [3.8, 4) is 0 Å². The normalized spacial score (nSPS) is 24.2. The van der Waals surface area contributed by atoms with Crippen molar-refractivity contribution in [1.29, 1.82) is 0 Å². The molecule has 0 spiro atoms. The maximum absolute atomic E-state index is 14.1. The van der Waals surface area contributed by atoms with E-state index in [-0.39, 0.29) is 42.7 Å². The Hall–Kier alpha value is -2.97. The number of piperidine rings is 1. The number of hydrogen-bond acceptors (Lipinski definition) is 4. The van der Waals surface area contributed by atoms with Gasteiger partial charge in [0.25, 0.3) is 0 Å². The summed E-state index contributed by atoms with van der Waals surface area (Å²) in [4.78, 5) is 15.7. The van der Waals surface area contributed by atoms with Gasteiger partial charge < -0.3 is 20.4 Å². The third-order valence-electron chi connectivity index (χ3n) is 5.95. The molecule has 1 amide bonds. The molecule has 152 valence electrons. The monoisotopic (exact) mass is 406 g/mol. The first-order valence-electron chi connectivity index (χ1n) is 9.38. The molecule has 5 rings (SSSR count). The zero-order chi connectivity index (χ0) is 20.3. The van der Waals surface area contributed by atoms with E-state index in [2.05, 4.69) is 10.6 Å². The van der Waals surface area contributed by atoms with Crippen LogP contribution < -0.4 is 20.4 Å². The van der Waals surface area contributed by atoms with Crippen LogP contribution in [0.15, 0.2) is 30.3 Å². The Morgan fingerprint density at radius 3 is 2.55 bits per heavy atom. The Labute approximate surface area is 164 Å². The van der Waals surface area contributed by atoms with Crippen LogP contribution >= 0.6 is 0 Å². The molecule has 0 radical (unpaired) electrons. The molecule has 2 atom stereocenters. The van der Waals surface area contributed by atoms with E-state index < -0.39 is 23.3 Å². The fourth-order valence-electron chi connectivity index (χ4n) is 4.47. The van der Waals surface area contributed by atoms with Crippen LogP contribution in [-0.2, 0) is 4.79 Å². The van der Waals surface area contributed by atoms with E-state index in [0.717, 1.165) is 12.1 Å². The summed E-state index contributed by atoms with van der Waals surface area (Å²) in [6.07, 6.45) is 0. The van der Waals surface area contributed by atoms with Gasteiger partial charge in [-0.1, -0.05) is 0 Å². The summed E-state index contributed by atoms with van der Waals surface area (Å²) in [7, 11) is 0. The first kappa shape index (κ1) is 18.1.